The van der Waals surface area contributed by atoms with Crippen LogP contribution in [-0.4, -0.2) is 64.0 Å². The van der Waals surface area contributed by atoms with Crippen molar-refractivity contribution in [3.63, 3.8) is 0 Å². The predicted octanol–water partition coefficient (Wildman–Crippen LogP) is 4.19. The SMILES string of the molecule is CNCCC(C)N1CCC(N(Cc2cc(C#N)ccc2F)c2ccc(OCCOC)cc2)CC1. The lowest BCUT2D eigenvalue weighted by molar-refractivity contribution is 0.146. The number of benzene rings is 2. The summed E-state index contributed by atoms with van der Waals surface area (Å²) in [6.45, 7) is 6.80. The van der Waals surface area contributed by atoms with Gasteiger partial charge in [-0.15, -0.1) is 0 Å². The van der Waals surface area contributed by atoms with Gasteiger partial charge in [-0.3, -0.25) is 0 Å². The molecule has 2 aromatic rings. The zero-order valence-electron chi connectivity index (χ0n) is 20.6. The van der Waals surface area contributed by atoms with Gasteiger partial charge in [0, 0.05) is 50.1 Å². The fourth-order valence-corrected chi connectivity index (χ4v) is 4.53. The number of halogens is 1. The normalized spacial score (nSPS) is 15.6. The molecule has 34 heavy (non-hydrogen) atoms. The van der Waals surface area contributed by atoms with Crippen LogP contribution in [0.25, 0.3) is 0 Å². The molecule has 3 rings (SSSR count). The Labute approximate surface area is 203 Å². The largest absolute Gasteiger partial charge is 0.491 e. The lowest BCUT2D eigenvalue weighted by atomic mass is 9.99. The molecule has 7 heteroatoms. The third-order valence-corrected chi connectivity index (χ3v) is 6.62. The van der Waals surface area contributed by atoms with Crippen molar-refractivity contribution in [3.05, 3.63) is 59.4 Å². The Morgan fingerprint density at radius 2 is 1.91 bits per heavy atom. The van der Waals surface area contributed by atoms with E-state index in [9.17, 15) is 9.65 Å². The van der Waals surface area contributed by atoms with Crippen molar-refractivity contribution >= 4 is 5.69 Å². The Hall–Kier alpha value is -2.66. The fourth-order valence-electron chi connectivity index (χ4n) is 4.53. The molecular weight excluding hydrogens is 431 g/mol. The second kappa shape index (κ2) is 13.3. The Balaban J connectivity index is 1.77. The molecule has 1 saturated heterocycles. The number of nitriles is 1. The molecule has 184 valence electrons. The molecule has 0 spiro atoms. The van der Waals surface area contributed by atoms with Gasteiger partial charge in [-0.2, -0.15) is 5.26 Å². The molecule has 1 unspecified atom stereocenters. The van der Waals surface area contributed by atoms with E-state index < -0.39 is 0 Å². The van der Waals surface area contributed by atoms with Crippen molar-refractivity contribution < 1.29 is 13.9 Å². The number of likely N-dealkylation sites (tertiary alicyclic amines) is 1. The third kappa shape index (κ3) is 7.17. The van der Waals surface area contributed by atoms with Crippen LogP contribution in [0, 0.1) is 17.1 Å². The molecule has 1 aliphatic heterocycles. The maximum absolute atomic E-state index is 14.7. The highest BCUT2D eigenvalue weighted by atomic mass is 19.1. The Morgan fingerprint density at radius 1 is 1.18 bits per heavy atom. The Morgan fingerprint density at radius 3 is 2.56 bits per heavy atom. The van der Waals surface area contributed by atoms with Gasteiger partial charge < -0.3 is 24.6 Å². The second-order valence-corrected chi connectivity index (χ2v) is 8.89. The van der Waals surface area contributed by atoms with E-state index >= 15 is 0 Å². The number of rotatable bonds is 12. The van der Waals surface area contributed by atoms with Crippen LogP contribution >= 0.6 is 0 Å². The third-order valence-electron chi connectivity index (χ3n) is 6.62. The minimum Gasteiger partial charge on any atom is -0.491 e. The van der Waals surface area contributed by atoms with Gasteiger partial charge in [0.2, 0.25) is 0 Å². The zero-order chi connectivity index (χ0) is 24.3. The van der Waals surface area contributed by atoms with Gasteiger partial charge in [0.1, 0.15) is 18.2 Å². The first-order chi connectivity index (χ1) is 16.5. The molecular formula is C27H37FN4O2. The van der Waals surface area contributed by atoms with Gasteiger partial charge in [-0.05, 0) is 82.2 Å². The highest BCUT2D eigenvalue weighted by Crippen LogP contribution is 2.29. The van der Waals surface area contributed by atoms with E-state index in [-0.39, 0.29) is 11.9 Å². The molecule has 2 aromatic carbocycles. The molecule has 1 heterocycles. The summed E-state index contributed by atoms with van der Waals surface area (Å²) < 4.78 is 25.5. The molecule has 1 aliphatic rings. The smallest absolute Gasteiger partial charge is 0.128 e. The topological polar surface area (TPSA) is 60.8 Å². The van der Waals surface area contributed by atoms with Crippen LogP contribution in [0.2, 0.25) is 0 Å². The molecule has 1 fully saturated rings. The van der Waals surface area contributed by atoms with E-state index in [1.807, 2.05) is 31.3 Å². The number of anilines is 1. The molecule has 0 aliphatic carbocycles. The van der Waals surface area contributed by atoms with E-state index in [0.717, 1.165) is 50.3 Å². The Bertz CT molecular complexity index is 923. The van der Waals surface area contributed by atoms with Crippen molar-refractivity contribution in [2.75, 3.05) is 51.9 Å². The van der Waals surface area contributed by atoms with Crippen LogP contribution < -0.4 is 15.0 Å². The molecule has 0 aromatic heterocycles. The standard InChI is InChI=1S/C27H37FN4O2/c1-21(10-13-30-2)31-14-11-25(12-15-31)32(20-23-18-22(19-29)4-9-27(23)28)24-5-7-26(8-6-24)34-17-16-33-3/h4-9,18,21,25,30H,10-17,20H2,1-3H3. The number of hydrogen-bond acceptors (Lipinski definition) is 6. The first kappa shape index (κ1) is 26.0. The van der Waals surface area contributed by atoms with Gasteiger partial charge >= 0.3 is 0 Å². The molecule has 6 nitrogen and oxygen atoms in total. The van der Waals surface area contributed by atoms with Crippen molar-refractivity contribution in [3.8, 4) is 11.8 Å². The maximum atomic E-state index is 14.7. The van der Waals surface area contributed by atoms with Gasteiger partial charge in [0.05, 0.1) is 18.2 Å². The molecule has 0 bridgehead atoms. The van der Waals surface area contributed by atoms with Crippen LogP contribution in [0.4, 0.5) is 10.1 Å². The summed E-state index contributed by atoms with van der Waals surface area (Å²) in [6, 6.07) is 15.5. The first-order valence-electron chi connectivity index (χ1n) is 12.1. The average Bonchev–Trinajstić information content (AvgIpc) is 2.87. The highest BCUT2D eigenvalue weighted by Gasteiger charge is 2.27. The zero-order valence-corrected chi connectivity index (χ0v) is 20.6. The number of nitrogens with zero attached hydrogens (tertiary/aromatic N) is 3. The van der Waals surface area contributed by atoms with Gasteiger partial charge in [0.15, 0.2) is 0 Å². The Kier molecular flexibility index (Phi) is 10.1. The summed E-state index contributed by atoms with van der Waals surface area (Å²) in [4.78, 5) is 4.84. The van der Waals surface area contributed by atoms with E-state index in [0.29, 0.717) is 36.9 Å². The molecule has 1 N–H and O–H groups in total. The number of nitrogens with one attached hydrogen (secondary N) is 1. The van der Waals surface area contributed by atoms with Crippen LogP contribution in [0.1, 0.15) is 37.3 Å². The van der Waals surface area contributed by atoms with Crippen LogP contribution in [0.15, 0.2) is 42.5 Å². The van der Waals surface area contributed by atoms with Gasteiger partial charge in [0.25, 0.3) is 0 Å². The summed E-state index contributed by atoms with van der Waals surface area (Å²) in [7, 11) is 3.64. The van der Waals surface area contributed by atoms with Crippen LogP contribution in [0.5, 0.6) is 5.75 Å². The van der Waals surface area contributed by atoms with Crippen molar-refractivity contribution in [1.29, 1.82) is 5.26 Å². The minimum atomic E-state index is -0.276. The fraction of sp³-hybridized carbons (Fsp3) is 0.519. The van der Waals surface area contributed by atoms with Gasteiger partial charge in [-0.25, -0.2) is 4.39 Å². The minimum absolute atomic E-state index is 0.276. The first-order valence-corrected chi connectivity index (χ1v) is 12.1. The molecule has 0 saturated carbocycles. The molecule has 0 radical (unpaired) electrons. The number of hydrogen-bond donors (Lipinski definition) is 1. The quantitative estimate of drug-likeness (QED) is 0.472. The number of methoxy groups -OCH3 is 1. The average molecular weight is 469 g/mol. The summed E-state index contributed by atoms with van der Waals surface area (Å²) in [5, 5.41) is 12.5. The van der Waals surface area contributed by atoms with E-state index in [1.165, 1.54) is 12.1 Å². The van der Waals surface area contributed by atoms with Crippen LogP contribution in [0.3, 0.4) is 0 Å². The summed E-state index contributed by atoms with van der Waals surface area (Å²) in [5.74, 6) is 0.508. The predicted molar refractivity (Wildman–Crippen MR) is 134 cm³/mol. The number of piperidine rings is 1. The lowest BCUT2D eigenvalue weighted by Gasteiger charge is -2.42. The lowest BCUT2D eigenvalue weighted by Crippen LogP contribution is -2.48. The maximum Gasteiger partial charge on any atom is 0.128 e. The van der Waals surface area contributed by atoms with Gasteiger partial charge in [-0.1, -0.05) is 0 Å². The van der Waals surface area contributed by atoms with E-state index in [2.05, 4.69) is 28.1 Å². The van der Waals surface area contributed by atoms with Crippen molar-refractivity contribution in [1.82, 2.24) is 10.2 Å². The highest BCUT2D eigenvalue weighted by molar-refractivity contribution is 5.51. The van der Waals surface area contributed by atoms with Crippen molar-refractivity contribution in [2.45, 2.75) is 44.8 Å². The summed E-state index contributed by atoms with van der Waals surface area (Å²) in [6.07, 6.45) is 3.15. The summed E-state index contributed by atoms with van der Waals surface area (Å²) >= 11 is 0. The molecule has 0 amide bonds. The van der Waals surface area contributed by atoms with E-state index in [1.54, 1.807) is 13.2 Å². The monoisotopic (exact) mass is 468 g/mol. The number of ether oxygens (including phenoxy) is 2. The van der Waals surface area contributed by atoms with E-state index in [4.69, 9.17) is 9.47 Å². The molecule has 1 atom stereocenters. The second-order valence-electron chi connectivity index (χ2n) is 8.89. The summed E-state index contributed by atoms with van der Waals surface area (Å²) in [5.41, 5.74) is 2.05. The van der Waals surface area contributed by atoms with Crippen molar-refractivity contribution in [2.24, 2.45) is 0 Å². The van der Waals surface area contributed by atoms with Crippen LogP contribution in [-0.2, 0) is 11.3 Å².